The highest BCUT2D eigenvalue weighted by atomic mass is 16.2. The predicted molar refractivity (Wildman–Crippen MR) is 97.7 cm³/mol. The lowest BCUT2D eigenvalue weighted by atomic mass is 9.98. The molecule has 0 bridgehead atoms. The lowest BCUT2D eigenvalue weighted by Crippen LogP contribution is -2.45. The van der Waals surface area contributed by atoms with Crippen LogP contribution in [0, 0.1) is 12.8 Å². The van der Waals surface area contributed by atoms with Crippen LogP contribution < -0.4 is 10.6 Å². The van der Waals surface area contributed by atoms with Crippen LogP contribution in [0.25, 0.3) is 0 Å². The van der Waals surface area contributed by atoms with E-state index in [0.717, 1.165) is 50.6 Å². The fourth-order valence-corrected chi connectivity index (χ4v) is 3.87. The van der Waals surface area contributed by atoms with Gasteiger partial charge >= 0.3 is 0 Å². The number of piperidine rings is 2. The Morgan fingerprint density at radius 3 is 2.64 bits per heavy atom. The van der Waals surface area contributed by atoms with E-state index in [1.165, 1.54) is 12.8 Å². The Hall–Kier alpha value is -1.47. The minimum absolute atomic E-state index is 0.102. The van der Waals surface area contributed by atoms with Crippen molar-refractivity contribution >= 4 is 5.91 Å². The van der Waals surface area contributed by atoms with E-state index in [1.54, 1.807) is 0 Å². The van der Waals surface area contributed by atoms with Crippen molar-refractivity contribution < 1.29 is 4.79 Å². The Morgan fingerprint density at radius 1 is 1.28 bits per heavy atom. The summed E-state index contributed by atoms with van der Waals surface area (Å²) in [4.78, 5) is 15.0. The van der Waals surface area contributed by atoms with Crippen molar-refractivity contribution in [3.63, 3.8) is 0 Å². The number of carbonyl (C=O) groups is 1. The van der Waals surface area contributed by atoms with Crippen LogP contribution in [-0.2, 0) is 0 Å². The molecule has 7 heteroatoms. The number of carbonyl (C=O) groups excluding carboxylic acids is 1. The summed E-state index contributed by atoms with van der Waals surface area (Å²) in [5.41, 5.74) is 1.35. The molecule has 2 aliphatic rings. The lowest BCUT2D eigenvalue weighted by molar-refractivity contribution is 0.0916. The zero-order valence-electron chi connectivity index (χ0n) is 15.8. The topological polar surface area (TPSA) is 75.1 Å². The molecule has 3 heterocycles. The van der Waals surface area contributed by atoms with E-state index in [4.69, 9.17) is 0 Å². The summed E-state index contributed by atoms with van der Waals surface area (Å²) in [6.45, 7) is 11.4. The molecule has 3 rings (SSSR count). The second-order valence-electron chi connectivity index (χ2n) is 7.73. The number of nitrogens with zero attached hydrogens (tertiary/aromatic N) is 4. The first-order valence-electron chi connectivity index (χ1n) is 9.71. The monoisotopic (exact) mass is 348 g/mol. The average Bonchev–Trinajstić information content (AvgIpc) is 3.02. The van der Waals surface area contributed by atoms with Crippen LogP contribution in [0.2, 0.25) is 0 Å². The molecule has 0 aliphatic carbocycles. The predicted octanol–water partition coefficient (Wildman–Crippen LogP) is 1.36. The van der Waals surface area contributed by atoms with Crippen LogP contribution in [-0.4, -0.2) is 64.6 Å². The standard InChI is InChI=1S/C18H32N6O/c1-13-6-10-23(11-7-13)14(2)12-20-18(25)17-15(3)24(22-21-17)16-4-8-19-9-5-16/h13-14,16,19H,4-12H2,1-3H3,(H,20,25). The van der Waals surface area contributed by atoms with Crippen LogP contribution in [0.4, 0.5) is 0 Å². The van der Waals surface area contributed by atoms with Gasteiger partial charge in [-0.2, -0.15) is 0 Å². The number of hydrogen-bond acceptors (Lipinski definition) is 5. The van der Waals surface area contributed by atoms with E-state index >= 15 is 0 Å². The van der Waals surface area contributed by atoms with E-state index in [2.05, 4.69) is 39.7 Å². The van der Waals surface area contributed by atoms with Gasteiger partial charge in [-0.15, -0.1) is 5.10 Å². The molecule has 7 nitrogen and oxygen atoms in total. The number of aromatic nitrogens is 3. The van der Waals surface area contributed by atoms with E-state index in [1.807, 2.05) is 11.6 Å². The third-order valence-electron chi connectivity index (χ3n) is 5.80. The molecule has 1 aromatic rings. The van der Waals surface area contributed by atoms with Crippen molar-refractivity contribution in [2.75, 3.05) is 32.7 Å². The minimum atomic E-state index is -0.102. The van der Waals surface area contributed by atoms with E-state index in [-0.39, 0.29) is 5.91 Å². The largest absolute Gasteiger partial charge is 0.349 e. The molecule has 1 atom stereocenters. The van der Waals surface area contributed by atoms with Crippen molar-refractivity contribution in [1.29, 1.82) is 0 Å². The summed E-state index contributed by atoms with van der Waals surface area (Å²) in [5.74, 6) is 0.723. The maximum Gasteiger partial charge on any atom is 0.273 e. The van der Waals surface area contributed by atoms with Gasteiger partial charge in [-0.1, -0.05) is 12.1 Å². The number of amides is 1. The summed E-state index contributed by atoms with van der Waals surface area (Å²) in [6.07, 6.45) is 4.58. The smallest absolute Gasteiger partial charge is 0.273 e. The zero-order chi connectivity index (χ0) is 17.8. The van der Waals surface area contributed by atoms with Gasteiger partial charge < -0.3 is 10.6 Å². The summed E-state index contributed by atoms with van der Waals surface area (Å²) < 4.78 is 1.94. The third-order valence-corrected chi connectivity index (χ3v) is 5.80. The van der Waals surface area contributed by atoms with Gasteiger partial charge in [-0.05, 0) is 71.6 Å². The van der Waals surface area contributed by atoms with Gasteiger partial charge in [0, 0.05) is 12.6 Å². The van der Waals surface area contributed by atoms with E-state index in [0.29, 0.717) is 24.3 Å². The maximum atomic E-state index is 12.5. The lowest BCUT2D eigenvalue weighted by Gasteiger charge is -2.34. The highest BCUT2D eigenvalue weighted by Gasteiger charge is 2.24. The molecule has 2 aliphatic heterocycles. The van der Waals surface area contributed by atoms with Crippen molar-refractivity contribution in [3.8, 4) is 0 Å². The van der Waals surface area contributed by atoms with Crippen LogP contribution in [0.5, 0.6) is 0 Å². The van der Waals surface area contributed by atoms with E-state index < -0.39 is 0 Å². The Balaban J connectivity index is 1.53. The summed E-state index contributed by atoms with van der Waals surface area (Å²) in [5, 5.41) is 14.8. The highest BCUT2D eigenvalue weighted by Crippen LogP contribution is 2.20. The third kappa shape index (κ3) is 4.39. The number of hydrogen-bond donors (Lipinski definition) is 2. The molecular formula is C18H32N6O. The Bertz CT molecular complexity index is 572. The maximum absolute atomic E-state index is 12.5. The van der Waals surface area contributed by atoms with Crippen LogP contribution in [0.1, 0.15) is 61.8 Å². The first kappa shape index (κ1) is 18.3. The molecule has 25 heavy (non-hydrogen) atoms. The second-order valence-corrected chi connectivity index (χ2v) is 7.73. The molecule has 0 aromatic carbocycles. The molecule has 2 fully saturated rings. The number of likely N-dealkylation sites (tertiary alicyclic amines) is 1. The Labute approximate surface area is 150 Å². The first-order chi connectivity index (χ1) is 12.1. The second kappa shape index (κ2) is 8.27. The molecule has 1 aromatic heterocycles. The zero-order valence-corrected chi connectivity index (χ0v) is 15.8. The Morgan fingerprint density at radius 2 is 1.96 bits per heavy atom. The summed E-state index contributed by atoms with van der Waals surface area (Å²) in [6, 6.07) is 0.709. The van der Waals surface area contributed by atoms with Crippen molar-refractivity contribution in [2.45, 2.75) is 58.5 Å². The van der Waals surface area contributed by atoms with Crippen LogP contribution in [0.3, 0.4) is 0 Å². The van der Waals surface area contributed by atoms with Gasteiger partial charge in [0.05, 0.1) is 11.7 Å². The first-order valence-corrected chi connectivity index (χ1v) is 9.71. The molecule has 0 radical (unpaired) electrons. The molecule has 140 valence electrons. The normalized spacial score (nSPS) is 22.0. The fraction of sp³-hybridized carbons (Fsp3) is 0.833. The van der Waals surface area contributed by atoms with Crippen LogP contribution in [0.15, 0.2) is 0 Å². The molecule has 1 unspecified atom stereocenters. The Kier molecular flexibility index (Phi) is 6.06. The van der Waals surface area contributed by atoms with Gasteiger partial charge in [0.1, 0.15) is 0 Å². The fourth-order valence-electron chi connectivity index (χ4n) is 3.87. The average molecular weight is 348 g/mol. The summed E-state index contributed by atoms with van der Waals surface area (Å²) >= 11 is 0. The van der Waals surface area contributed by atoms with Crippen molar-refractivity contribution in [3.05, 3.63) is 11.4 Å². The van der Waals surface area contributed by atoms with Gasteiger partial charge in [-0.3, -0.25) is 9.69 Å². The SMILES string of the molecule is Cc1c(C(=O)NCC(C)N2CCC(C)CC2)nnn1C1CCNCC1. The summed E-state index contributed by atoms with van der Waals surface area (Å²) in [7, 11) is 0. The molecule has 2 saturated heterocycles. The molecular weight excluding hydrogens is 316 g/mol. The number of nitrogens with one attached hydrogen (secondary N) is 2. The van der Waals surface area contributed by atoms with Gasteiger partial charge in [0.2, 0.25) is 0 Å². The van der Waals surface area contributed by atoms with Gasteiger partial charge in [-0.25, -0.2) is 4.68 Å². The van der Waals surface area contributed by atoms with Crippen molar-refractivity contribution in [1.82, 2.24) is 30.5 Å². The molecule has 0 saturated carbocycles. The highest BCUT2D eigenvalue weighted by molar-refractivity contribution is 5.93. The quantitative estimate of drug-likeness (QED) is 0.840. The van der Waals surface area contributed by atoms with E-state index in [9.17, 15) is 4.79 Å². The molecule has 1 amide bonds. The van der Waals surface area contributed by atoms with Gasteiger partial charge in [0.25, 0.3) is 5.91 Å². The number of rotatable bonds is 5. The van der Waals surface area contributed by atoms with Crippen molar-refractivity contribution in [2.24, 2.45) is 5.92 Å². The van der Waals surface area contributed by atoms with Crippen LogP contribution >= 0.6 is 0 Å². The van der Waals surface area contributed by atoms with Gasteiger partial charge in [0.15, 0.2) is 5.69 Å². The molecule has 2 N–H and O–H groups in total. The minimum Gasteiger partial charge on any atom is -0.349 e. The molecule has 0 spiro atoms.